The number of nitrogens with two attached hydrogens (primary N) is 1. The van der Waals surface area contributed by atoms with Gasteiger partial charge in [-0.15, -0.1) is 0 Å². The third kappa shape index (κ3) is 4.01. The summed E-state index contributed by atoms with van der Waals surface area (Å²) in [5.74, 6) is -0.223. The van der Waals surface area contributed by atoms with E-state index in [0.29, 0.717) is 47.1 Å². The molecule has 1 saturated heterocycles. The van der Waals surface area contributed by atoms with Crippen molar-refractivity contribution in [3.8, 4) is 6.07 Å². The topological polar surface area (TPSA) is 133 Å². The van der Waals surface area contributed by atoms with Crippen LogP contribution in [0.4, 0.5) is 10.4 Å². The molecule has 2 unspecified atom stereocenters. The molecule has 0 saturated carbocycles. The van der Waals surface area contributed by atoms with Crippen LogP contribution in [0.1, 0.15) is 18.5 Å². The highest BCUT2D eigenvalue weighted by Crippen LogP contribution is 2.30. The molecular formula is C23H21FN8O. The highest BCUT2D eigenvalue weighted by molar-refractivity contribution is 6.13. The van der Waals surface area contributed by atoms with Crippen molar-refractivity contribution in [2.24, 2.45) is 16.6 Å². The minimum atomic E-state index is -0.352. The fourth-order valence-corrected chi connectivity index (χ4v) is 4.19. The van der Waals surface area contributed by atoms with E-state index in [1.165, 1.54) is 24.7 Å². The van der Waals surface area contributed by atoms with Crippen molar-refractivity contribution in [2.45, 2.75) is 18.9 Å². The van der Waals surface area contributed by atoms with Crippen LogP contribution in [0.15, 0.2) is 52.4 Å². The van der Waals surface area contributed by atoms with E-state index in [0.717, 1.165) is 11.8 Å². The van der Waals surface area contributed by atoms with E-state index >= 15 is 0 Å². The van der Waals surface area contributed by atoms with E-state index in [9.17, 15) is 9.65 Å². The molecule has 1 fully saturated rings. The van der Waals surface area contributed by atoms with Crippen LogP contribution in [-0.2, 0) is 0 Å². The molecule has 166 valence electrons. The molecule has 0 spiro atoms. The Balaban J connectivity index is 1.34. The fourth-order valence-electron chi connectivity index (χ4n) is 4.19. The Morgan fingerprint density at radius 2 is 2.33 bits per heavy atom. The quantitative estimate of drug-likeness (QED) is 0.435. The van der Waals surface area contributed by atoms with Gasteiger partial charge in [0.05, 0.1) is 24.2 Å². The Hall–Kier alpha value is -4.26. The lowest BCUT2D eigenvalue weighted by atomic mass is 9.97. The van der Waals surface area contributed by atoms with E-state index in [2.05, 4.69) is 26.0 Å². The van der Waals surface area contributed by atoms with Crippen molar-refractivity contribution in [2.75, 3.05) is 18.0 Å². The number of H-pyrrole nitrogens is 1. The van der Waals surface area contributed by atoms with Crippen molar-refractivity contribution < 1.29 is 8.81 Å². The number of nitriles is 1. The van der Waals surface area contributed by atoms with Crippen LogP contribution in [-0.4, -0.2) is 45.3 Å². The largest absolute Gasteiger partial charge is 0.423 e. The summed E-state index contributed by atoms with van der Waals surface area (Å²) in [6.45, 7) is 1.35. The van der Waals surface area contributed by atoms with Crippen molar-refractivity contribution in [3.63, 3.8) is 0 Å². The van der Waals surface area contributed by atoms with Crippen LogP contribution in [0.3, 0.4) is 0 Å². The van der Waals surface area contributed by atoms with E-state index < -0.39 is 0 Å². The smallest absolute Gasteiger partial charge is 0.298 e. The van der Waals surface area contributed by atoms with Gasteiger partial charge in [-0.2, -0.15) is 10.2 Å². The molecule has 0 aliphatic carbocycles. The molecule has 3 N–H and O–H groups in total. The summed E-state index contributed by atoms with van der Waals surface area (Å²) in [6, 6.07) is 8.64. The Kier molecular flexibility index (Phi) is 5.44. The molecule has 1 aromatic carbocycles. The van der Waals surface area contributed by atoms with Gasteiger partial charge in [-0.3, -0.25) is 4.99 Å². The minimum Gasteiger partial charge on any atom is -0.423 e. The number of hydrogen-bond donors (Lipinski definition) is 2. The van der Waals surface area contributed by atoms with Gasteiger partial charge in [-0.1, -0.05) is 0 Å². The average Bonchev–Trinajstić information content (AvgIpc) is 3.57. The van der Waals surface area contributed by atoms with Gasteiger partial charge >= 0.3 is 0 Å². The second-order valence-electron chi connectivity index (χ2n) is 7.90. The third-order valence-electron chi connectivity index (χ3n) is 5.89. The second-order valence-corrected chi connectivity index (χ2v) is 7.90. The zero-order valence-corrected chi connectivity index (χ0v) is 17.6. The maximum absolute atomic E-state index is 13.5. The molecule has 1 aliphatic rings. The Labute approximate surface area is 188 Å². The Morgan fingerprint density at radius 1 is 1.42 bits per heavy atom. The molecule has 4 heterocycles. The number of aromatic amines is 1. The number of allylic oxidation sites excluding steroid dienone is 1. The lowest BCUT2D eigenvalue weighted by molar-refractivity contribution is 0.465. The van der Waals surface area contributed by atoms with Crippen molar-refractivity contribution in [3.05, 3.63) is 54.5 Å². The normalized spacial score (nSPS) is 17.9. The van der Waals surface area contributed by atoms with E-state index in [1.54, 1.807) is 18.5 Å². The number of hydrogen-bond acceptors (Lipinski definition) is 8. The number of nitrogens with one attached hydrogen (secondary N) is 1. The molecule has 4 aromatic rings. The minimum absolute atomic E-state index is 0.129. The number of rotatable bonds is 6. The maximum atomic E-state index is 13.5. The number of anilines is 1. The van der Waals surface area contributed by atoms with E-state index in [4.69, 9.17) is 15.1 Å². The number of nitrogens with zero attached hydrogens (tertiary/aromatic N) is 6. The zero-order valence-electron chi connectivity index (χ0n) is 17.6. The molecular weight excluding hydrogens is 423 g/mol. The van der Waals surface area contributed by atoms with Crippen LogP contribution in [0.25, 0.3) is 27.7 Å². The van der Waals surface area contributed by atoms with Crippen LogP contribution < -0.4 is 10.6 Å². The lowest BCUT2D eigenvalue weighted by Gasteiger charge is -2.18. The SMILES string of the molecule is N#CCC(N=CC(=CN)c1ncnc2[nH]ccc12)C1CCN(c2nc3cc(F)ccc3o2)C1. The second kappa shape index (κ2) is 8.70. The predicted molar refractivity (Wildman–Crippen MR) is 123 cm³/mol. The van der Waals surface area contributed by atoms with Gasteiger partial charge < -0.3 is 20.0 Å². The third-order valence-corrected chi connectivity index (χ3v) is 5.89. The summed E-state index contributed by atoms with van der Waals surface area (Å²) in [5.41, 5.74) is 8.95. The van der Waals surface area contributed by atoms with Gasteiger partial charge in [-0.25, -0.2) is 14.4 Å². The van der Waals surface area contributed by atoms with Crippen molar-refractivity contribution >= 4 is 39.9 Å². The highest BCUT2D eigenvalue weighted by Gasteiger charge is 2.31. The molecule has 0 radical (unpaired) electrons. The van der Waals surface area contributed by atoms with Gasteiger partial charge in [0.2, 0.25) is 0 Å². The Bertz CT molecular complexity index is 1400. The molecule has 2 atom stereocenters. The number of aromatic nitrogens is 4. The number of aliphatic imine (C=N–C) groups is 1. The number of oxazole rings is 1. The number of benzene rings is 1. The molecule has 9 nitrogen and oxygen atoms in total. The fraction of sp³-hybridized carbons (Fsp3) is 0.261. The molecule has 10 heteroatoms. The molecule has 0 bridgehead atoms. The first kappa shape index (κ1) is 20.6. The van der Waals surface area contributed by atoms with Gasteiger partial charge in [0.1, 0.15) is 23.3 Å². The molecule has 3 aromatic heterocycles. The average molecular weight is 444 g/mol. The standard InChI is InChI=1S/C23H21FN8O/c24-16-1-2-20-19(9-16)31-23(33-20)32-8-5-14(12-32)18(3-6-25)28-11-15(10-26)21-17-4-7-27-22(17)30-13-29-21/h1-2,4,7,9-11,13-14,18H,3,5,8,12,26H2,(H,27,29,30). The van der Waals surface area contributed by atoms with Crippen molar-refractivity contribution in [1.82, 2.24) is 19.9 Å². The first-order valence-corrected chi connectivity index (χ1v) is 10.6. The summed E-state index contributed by atoms with van der Waals surface area (Å²) in [5, 5.41) is 10.2. The lowest BCUT2D eigenvalue weighted by Crippen LogP contribution is -2.25. The summed E-state index contributed by atoms with van der Waals surface area (Å²) in [6.07, 6.45) is 7.50. The molecule has 5 rings (SSSR count). The summed E-state index contributed by atoms with van der Waals surface area (Å²) in [4.78, 5) is 22.8. The molecule has 1 aliphatic heterocycles. The summed E-state index contributed by atoms with van der Waals surface area (Å²) < 4.78 is 19.3. The van der Waals surface area contributed by atoms with Crippen LogP contribution >= 0.6 is 0 Å². The first-order valence-electron chi connectivity index (χ1n) is 10.6. The van der Waals surface area contributed by atoms with Crippen LogP contribution in [0, 0.1) is 23.1 Å². The zero-order chi connectivity index (χ0) is 22.8. The summed E-state index contributed by atoms with van der Waals surface area (Å²) >= 11 is 0. The maximum Gasteiger partial charge on any atom is 0.298 e. The summed E-state index contributed by atoms with van der Waals surface area (Å²) in [7, 11) is 0. The Morgan fingerprint density at radius 3 is 3.18 bits per heavy atom. The first-order chi connectivity index (χ1) is 16.2. The van der Waals surface area contributed by atoms with E-state index in [-0.39, 0.29) is 24.2 Å². The van der Waals surface area contributed by atoms with Gasteiger partial charge in [0.15, 0.2) is 5.58 Å². The van der Waals surface area contributed by atoms with Crippen LogP contribution in [0.2, 0.25) is 0 Å². The number of fused-ring (bicyclic) bond motifs is 2. The number of halogens is 1. The highest BCUT2D eigenvalue weighted by atomic mass is 19.1. The molecule has 33 heavy (non-hydrogen) atoms. The van der Waals surface area contributed by atoms with Crippen LogP contribution in [0.5, 0.6) is 0 Å². The van der Waals surface area contributed by atoms with Gasteiger partial charge in [0, 0.05) is 54.6 Å². The van der Waals surface area contributed by atoms with Crippen molar-refractivity contribution in [1.29, 1.82) is 5.26 Å². The van der Waals surface area contributed by atoms with Gasteiger partial charge in [0.25, 0.3) is 6.01 Å². The predicted octanol–water partition coefficient (Wildman–Crippen LogP) is 3.42. The monoisotopic (exact) mass is 444 g/mol. The molecule has 0 amide bonds. The van der Waals surface area contributed by atoms with Gasteiger partial charge in [-0.05, 0) is 24.6 Å². The van der Waals surface area contributed by atoms with E-state index in [1.807, 2.05) is 11.0 Å².